The minimum absolute atomic E-state index is 0.262. The lowest BCUT2D eigenvalue weighted by Crippen LogP contribution is -2.33. The van der Waals surface area contributed by atoms with Gasteiger partial charge in [-0.1, -0.05) is 55.8 Å². The molecular formula is C17H26ClN. The first-order valence-corrected chi connectivity index (χ1v) is 8.05. The SMILES string of the molecule is Cc1ccc(CC(N)C2CCCCCCC2)c(Cl)c1. The number of halogens is 1. The number of hydrogen-bond acceptors (Lipinski definition) is 1. The fraction of sp³-hybridized carbons (Fsp3) is 0.647. The van der Waals surface area contributed by atoms with E-state index in [0.717, 1.165) is 11.4 Å². The molecule has 0 aliphatic heterocycles. The maximum Gasteiger partial charge on any atom is 0.0441 e. The highest BCUT2D eigenvalue weighted by Crippen LogP contribution is 2.27. The van der Waals surface area contributed by atoms with E-state index in [1.807, 2.05) is 6.07 Å². The molecule has 2 rings (SSSR count). The van der Waals surface area contributed by atoms with Crippen LogP contribution in [-0.4, -0.2) is 6.04 Å². The van der Waals surface area contributed by atoms with Crippen LogP contribution < -0.4 is 5.73 Å². The van der Waals surface area contributed by atoms with Gasteiger partial charge in [-0.15, -0.1) is 0 Å². The van der Waals surface area contributed by atoms with Crippen LogP contribution in [0.25, 0.3) is 0 Å². The molecule has 1 aliphatic carbocycles. The zero-order chi connectivity index (χ0) is 13.7. The molecule has 2 N–H and O–H groups in total. The van der Waals surface area contributed by atoms with Gasteiger partial charge in [-0.3, -0.25) is 0 Å². The number of rotatable bonds is 3. The van der Waals surface area contributed by atoms with E-state index in [1.165, 1.54) is 56.1 Å². The Balaban J connectivity index is 1.96. The van der Waals surface area contributed by atoms with Crippen molar-refractivity contribution < 1.29 is 0 Å². The lowest BCUT2D eigenvalue weighted by atomic mass is 9.84. The highest BCUT2D eigenvalue weighted by atomic mass is 35.5. The summed E-state index contributed by atoms with van der Waals surface area (Å²) < 4.78 is 0. The van der Waals surface area contributed by atoms with Crippen LogP contribution in [0.2, 0.25) is 5.02 Å². The van der Waals surface area contributed by atoms with Gasteiger partial charge in [0.15, 0.2) is 0 Å². The fourth-order valence-electron chi connectivity index (χ4n) is 3.15. The number of hydrogen-bond donors (Lipinski definition) is 1. The fourth-order valence-corrected chi connectivity index (χ4v) is 3.47. The van der Waals surface area contributed by atoms with Gasteiger partial charge in [-0.05, 0) is 49.3 Å². The van der Waals surface area contributed by atoms with Gasteiger partial charge in [0.25, 0.3) is 0 Å². The Morgan fingerprint density at radius 2 is 1.79 bits per heavy atom. The van der Waals surface area contributed by atoms with Crippen LogP contribution in [-0.2, 0) is 6.42 Å². The Morgan fingerprint density at radius 3 is 2.42 bits per heavy atom. The van der Waals surface area contributed by atoms with E-state index in [4.69, 9.17) is 17.3 Å². The molecule has 1 aromatic carbocycles. The molecule has 0 bridgehead atoms. The van der Waals surface area contributed by atoms with Gasteiger partial charge in [0.2, 0.25) is 0 Å². The second-order valence-electron chi connectivity index (χ2n) is 6.07. The molecule has 0 heterocycles. The monoisotopic (exact) mass is 279 g/mol. The molecule has 0 saturated heterocycles. The van der Waals surface area contributed by atoms with Crippen molar-refractivity contribution in [3.8, 4) is 0 Å². The zero-order valence-electron chi connectivity index (χ0n) is 12.0. The summed E-state index contributed by atoms with van der Waals surface area (Å²) in [6.45, 7) is 2.07. The molecule has 19 heavy (non-hydrogen) atoms. The van der Waals surface area contributed by atoms with Gasteiger partial charge in [0, 0.05) is 11.1 Å². The number of benzene rings is 1. The second-order valence-corrected chi connectivity index (χ2v) is 6.48. The van der Waals surface area contributed by atoms with Crippen LogP contribution in [0.3, 0.4) is 0 Å². The van der Waals surface area contributed by atoms with Crippen molar-refractivity contribution in [2.75, 3.05) is 0 Å². The van der Waals surface area contributed by atoms with Crippen molar-refractivity contribution in [3.63, 3.8) is 0 Å². The summed E-state index contributed by atoms with van der Waals surface area (Å²) in [6.07, 6.45) is 10.4. The third kappa shape index (κ3) is 4.50. The summed E-state index contributed by atoms with van der Waals surface area (Å²) in [5.41, 5.74) is 8.88. The Labute approximate surface area is 122 Å². The lowest BCUT2D eigenvalue weighted by molar-refractivity contribution is 0.322. The number of aryl methyl sites for hydroxylation is 1. The van der Waals surface area contributed by atoms with Gasteiger partial charge >= 0.3 is 0 Å². The topological polar surface area (TPSA) is 26.0 Å². The first kappa shape index (κ1) is 14.9. The second kappa shape index (κ2) is 7.31. The minimum Gasteiger partial charge on any atom is -0.327 e. The molecule has 2 heteroatoms. The summed E-state index contributed by atoms with van der Waals surface area (Å²) in [7, 11) is 0. The molecule has 1 nitrogen and oxygen atoms in total. The number of nitrogens with two attached hydrogens (primary N) is 1. The molecule has 0 amide bonds. The molecule has 1 fully saturated rings. The van der Waals surface area contributed by atoms with Crippen molar-refractivity contribution in [1.82, 2.24) is 0 Å². The van der Waals surface area contributed by atoms with Crippen LogP contribution in [0.15, 0.2) is 18.2 Å². The minimum atomic E-state index is 0.262. The van der Waals surface area contributed by atoms with E-state index in [9.17, 15) is 0 Å². The summed E-state index contributed by atoms with van der Waals surface area (Å²) in [5, 5.41) is 0.876. The predicted molar refractivity (Wildman–Crippen MR) is 83.7 cm³/mol. The molecule has 0 radical (unpaired) electrons. The van der Waals surface area contributed by atoms with Crippen LogP contribution in [0, 0.1) is 12.8 Å². The Morgan fingerprint density at radius 1 is 1.16 bits per heavy atom. The third-order valence-electron chi connectivity index (χ3n) is 4.42. The first-order chi connectivity index (χ1) is 9.16. The van der Waals surface area contributed by atoms with Gasteiger partial charge in [0.05, 0.1) is 0 Å². The van der Waals surface area contributed by atoms with Crippen molar-refractivity contribution in [1.29, 1.82) is 0 Å². The smallest absolute Gasteiger partial charge is 0.0441 e. The van der Waals surface area contributed by atoms with E-state index in [2.05, 4.69) is 19.1 Å². The third-order valence-corrected chi connectivity index (χ3v) is 4.77. The molecule has 1 aromatic rings. The highest BCUT2D eigenvalue weighted by molar-refractivity contribution is 6.31. The van der Waals surface area contributed by atoms with Crippen molar-refractivity contribution in [3.05, 3.63) is 34.3 Å². The van der Waals surface area contributed by atoms with Gasteiger partial charge in [-0.25, -0.2) is 0 Å². The molecule has 1 unspecified atom stereocenters. The summed E-state index contributed by atoms with van der Waals surface area (Å²) in [6, 6.07) is 6.58. The quantitative estimate of drug-likeness (QED) is 0.838. The van der Waals surface area contributed by atoms with Crippen LogP contribution in [0.5, 0.6) is 0 Å². The Bertz CT molecular complexity index is 394. The Hall–Kier alpha value is -0.530. The van der Waals surface area contributed by atoms with E-state index in [0.29, 0.717) is 5.92 Å². The van der Waals surface area contributed by atoms with Crippen LogP contribution >= 0.6 is 11.6 Å². The molecular weight excluding hydrogens is 254 g/mol. The van der Waals surface area contributed by atoms with Gasteiger partial charge in [0.1, 0.15) is 0 Å². The van der Waals surface area contributed by atoms with Crippen molar-refractivity contribution >= 4 is 11.6 Å². The summed E-state index contributed by atoms with van der Waals surface area (Å²) in [5.74, 6) is 0.678. The molecule has 1 saturated carbocycles. The molecule has 0 spiro atoms. The average molecular weight is 280 g/mol. The lowest BCUT2D eigenvalue weighted by Gasteiger charge is -2.26. The van der Waals surface area contributed by atoms with E-state index in [-0.39, 0.29) is 6.04 Å². The average Bonchev–Trinajstić information content (AvgIpc) is 2.32. The zero-order valence-corrected chi connectivity index (χ0v) is 12.8. The molecule has 1 aliphatic rings. The first-order valence-electron chi connectivity index (χ1n) is 7.67. The predicted octanol–water partition coefficient (Wildman–Crippen LogP) is 4.88. The summed E-state index contributed by atoms with van der Waals surface area (Å²) >= 11 is 6.32. The largest absolute Gasteiger partial charge is 0.327 e. The van der Waals surface area contributed by atoms with E-state index in [1.54, 1.807) is 0 Å². The maximum atomic E-state index is 6.45. The van der Waals surface area contributed by atoms with Crippen LogP contribution in [0.1, 0.15) is 56.1 Å². The van der Waals surface area contributed by atoms with Crippen molar-refractivity contribution in [2.24, 2.45) is 11.7 Å². The maximum absolute atomic E-state index is 6.45. The van der Waals surface area contributed by atoms with Crippen molar-refractivity contribution in [2.45, 2.75) is 64.3 Å². The molecule has 0 aromatic heterocycles. The Kier molecular flexibility index (Phi) is 5.72. The van der Waals surface area contributed by atoms with Crippen LogP contribution in [0.4, 0.5) is 0 Å². The highest BCUT2D eigenvalue weighted by Gasteiger charge is 2.19. The summed E-state index contributed by atoms with van der Waals surface area (Å²) in [4.78, 5) is 0. The normalized spacial score (nSPS) is 19.7. The van der Waals surface area contributed by atoms with Gasteiger partial charge in [-0.2, -0.15) is 0 Å². The van der Waals surface area contributed by atoms with E-state index >= 15 is 0 Å². The molecule has 1 atom stereocenters. The molecule has 106 valence electrons. The van der Waals surface area contributed by atoms with E-state index < -0.39 is 0 Å². The standard InChI is InChI=1S/C17H26ClN/c1-13-9-10-15(16(18)11-13)12-17(19)14-7-5-3-2-4-6-8-14/h9-11,14,17H,2-8,12,19H2,1H3. The van der Waals surface area contributed by atoms with Gasteiger partial charge < -0.3 is 5.73 Å².